The lowest BCUT2D eigenvalue weighted by Gasteiger charge is -1.94. The lowest BCUT2D eigenvalue weighted by atomic mass is 10.2. The molecule has 2 N–H and O–H groups in total. The van der Waals surface area contributed by atoms with Crippen molar-refractivity contribution >= 4 is 28.6 Å². The van der Waals surface area contributed by atoms with Gasteiger partial charge in [0.1, 0.15) is 5.52 Å². The van der Waals surface area contributed by atoms with Gasteiger partial charge >= 0.3 is 0 Å². The van der Waals surface area contributed by atoms with Crippen LogP contribution in [-0.2, 0) is 0 Å². The van der Waals surface area contributed by atoms with Gasteiger partial charge in [-0.15, -0.1) is 0 Å². The van der Waals surface area contributed by atoms with Crippen molar-refractivity contribution < 1.29 is 0 Å². The highest BCUT2D eigenvalue weighted by Crippen LogP contribution is 2.24. The topological polar surface area (TPSA) is 40.7 Å². The minimum atomic E-state index is 0.688. The zero-order valence-corrected chi connectivity index (χ0v) is 8.24. The second-order valence-corrected chi connectivity index (χ2v) is 3.39. The van der Waals surface area contributed by atoms with E-state index in [0.717, 1.165) is 22.5 Å². The largest absolute Gasteiger partial charge is 0.359 e. The Morgan fingerprint density at radius 1 is 1.46 bits per heavy atom. The van der Waals surface area contributed by atoms with Crippen LogP contribution >= 0.6 is 11.6 Å². The number of aromatic nitrogens is 2. The van der Waals surface area contributed by atoms with E-state index in [1.165, 1.54) is 0 Å². The van der Waals surface area contributed by atoms with E-state index in [1.54, 1.807) is 0 Å². The summed E-state index contributed by atoms with van der Waals surface area (Å²) in [6, 6.07) is 3.93. The first-order valence-electron chi connectivity index (χ1n) is 4.04. The molecule has 0 saturated heterocycles. The van der Waals surface area contributed by atoms with Crippen LogP contribution in [0.15, 0.2) is 12.1 Å². The first kappa shape index (κ1) is 8.38. The third kappa shape index (κ3) is 1.35. The molecule has 0 bridgehead atoms. The van der Waals surface area contributed by atoms with Gasteiger partial charge in [0.2, 0.25) is 5.95 Å². The van der Waals surface area contributed by atoms with Crippen molar-refractivity contribution in [1.29, 1.82) is 0 Å². The molecular weight excluding hydrogens is 186 g/mol. The summed E-state index contributed by atoms with van der Waals surface area (Å²) in [5, 5.41) is 3.63. The molecule has 3 nitrogen and oxygen atoms in total. The highest BCUT2D eigenvalue weighted by Gasteiger charge is 2.05. The molecule has 0 fully saturated rings. The Balaban J connectivity index is 2.75. The molecule has 68 valence electrons. The summed E-state index contributed by atoms with van der Waals surface area (Å²) in [5.74, 6) is 0.738. The summed E-state index contributed by atoms with van der Waals surface area (Å²) in [6.07, 6.45) is 0. The van der Waals surface area contributed by atoms with E-state index in [1.807, 2.05) is 26.1 Å². The highest BCUT2D eigenvalue weighted by atomic mass is 35.5. The SMILES string of the molecule is CNc1nc2c(Cl)cc(C)cc2[nH]1. The standard InChI is InChI=1S/C9H10ClN3/c1-5-3-6(10)8-7(4-5)12-9(11-2)13-8/h3-4H,1-2H3,(H2,11,12,13). The number of hydrogen-bond acceptors (Lipinski definition) is 2. The van der Waals surface area contributed by atoms with E-state index in [2.05, 4.69) is 15.3 Å². The average Bonchev–Trinajstić information content (AvgIpc) is 2.47. The Labute approximate surface area is 81.1 Å². The molecule has 1 aromatic carbocycles. The number of rotatable bonds is 1. The second kappa shape index (κ2) is 2.92. The lowest BCUT2D eigenvalue weighted by Crippen LogP contribution is -1.88. The van der Waals surface area contributed by atoms with Crippen molar-refractivity contribution in [1.82, 2.24) is 9.97 Å². The van der Waals surface area contributed by atoms with Crippen LogP contribution < -0.4 is 5.32 Å². The molecule has 0 unspecified atom stereocenters. The number of aryl methyl sites for hydroxylation is 1. The maximum Gasteiger partial charge on any atom is 0.200 e. The van der Waals surface area contributed by atoms with Crippen LogP contribution in [0.3, 0.4) is 0 Å². The molecule has 13 heavy (non-hydrogen) atoms. The van der Waals surface area contributed by atoms with Crippen LogP contribution in [0.25, 0.3) is 11.0 Å². The van der Waals surface area contributed by atoms with Gasteiger partial charge in [-0.2, -0.15) is 0 Å². The number of imidazole rings is 1. The van der Waals surface area contributed by atoms with Gasteiger partial charge < -0.3 is 10.3 Å². The molecule has 0 aliphatic rings. The molecule has 2 aromatic rings. The number of aromatic amines is 1. The molecule has 1 heterocycles. The number of hydrogen-bond donors (Lipinski definition) is 2. The number of nitrogens with one attached hydrogen (secondary N) is 2. The molecule has 0 aliphatic carbocycles. The fourth-order valence-corrected chi connectivity index (χ4v) is 1.65. The number of nitrogens with zero attached hydrogens (tertiary/aromatic N) is 1. The molecule has 0 aliphatic heterocycles. The van der Waals surface area contributed by atoms with Crippen molar-refractivity contribution in [3.05, 3.63) is 22.7 Å². The number of anilines is 1. The van der Waals surface area contributed by atoms with Gasteiger partial charge in [-0.3, -0.25) is 0 Å². The van der Waals surface area contributed by atoms with Crippen molar-refractivity contribution in [2.45, 2.75) is 6.92 Å². The number of H-pyrrole nitrogens is 1. The fourth-order valence-electron chi connectivity index (χ4n) is 1.33. The Kier molecular flexibility index (Phi) is 1.88. The van der Waals surface area contributed by atoms with Gasteiger partial charge in [0.05, 0.1) is 10.5 Å². The molecule has 0 spiro atoms. The first-order chi connectivity index (χ1) is 6.20. The zero-order chi connectivity index (χ0) is 9.42. The Hall–Kier alpha value is -1.22. The summed E-state index contributed by atoms with van der Waals surface area (Å²) in [5.41, 5.74) is 2.91. The first-order valence-corrected chi connectivity index (χ1v) is 4.42. The predicted molar refractivity (Wildman–Crippen MR) is 55.4 cm³/mol. The third-order valence-corrected chi connectivity index (χ3v) is 2.21. The van der Waals surface area contributed by atoms with E-state index in [-0.39, 0.29) is 0 Å². The van der Waals surface area contributed by atoms with Crippen LogP contribution in [-0.4, -0.2) is 17.0 Å². The number of benzene rings is 1. The molecule has 0 radical (unpaired) electrons. The Morgan fingerprint density at radius 2 is 2.23 bits per heavy atom. The summed E-state index contributed by atoms with van der Waals surface area (Å²) < 4.78 is 0. The van der Waals surface area contributed by atoms with E-state index < -0.39 is 0 Å². The monoisotopic (exact) mass is 195 g/mol. The van der Waals surface area contributed by atoms with E-state index in [0.29, 0.717) is 5.02 Å². The predicted octanol–water partition coefficient (Wildman–Crippen LogP) is 2.57. The average molecular weight is 196 g/mol. The molecule has 0 atom stereocenters. The summed E-state index contributed by atoms with van der Waals surface area (Å²) >= 11 is 6.02. The maximum absolute atomic E-state index is 6.02. The maximum atomic E-state index is 6.02. The minimum Gasteiger partial charge on any atom is -0.359 e. The zero-order valence-electron chi connectivity index (χ0n) is 7.48. The van der Waals surface area contributed by atoms with Crippen LogP contribution in [0.5, 0.6) is 0 Å². The fraction of sp³-hybridized carbons (Fsp3) is 0.222. The molecular formula is C9H10ClN3. The smallest absolute Gasteiger partial charge is 0.200 e. The van der Waals surface area contributed by atoms with Gasteiger partial charge in [0, 0.05) is 7.05 Å². The Bertz CT molecular complexity index is 447. The van der Waals surface area contributed by atoms with E-state index in [4.69, 9.17) is 11.6 Å². The quantitative estimate of drug-likeness (QED) is 0.735. The third-order valence-electron chi connectivity index (χ3n) is 1.92. The van der Waals surface area contributed by atoms with Crippen molar-refractivity contribution in [3.8, 4) is 0 Å². The Morgan fingerprint density at radius 3 is 2.92 bits per heavy atom. The second-order valence-electron chi connectivity index (χ2n) is 2.98. The normalized spacial score (nSPS) is 10.7. The van der Waals surface area contributed by atoms with Gasteiger partial charge in [-0.05, 0) is 24.6 Å². The van der Waals surface area contributed by atoms with Crippen LogP contribution in [0.1, 0.15) is 5.56 Å². The lowest BCUT2D eigenvalue weighted by molar-refractivity contribution is 1.28. The molecule has 0 amide bonds. The van der Waals surface area contributed by atoms with Crippen molar-refractivity contribution in [2.75, 3.05) is 12.4 Å². The van der Waals surface area contributed by atoms with Gasteiger partial charge in [-0.25, -0.2) is 4.98 Å². The van der Waals surface area contributed by atoms with Gasteiger partial charge in [0.25, 0.3) is 0 Å². The van der Waals surface area contributed by atoms with Crippen LogP contribution in [0, 0.1) is 6.92 Å². The number of fused-ring (bicyclic) bond motifs is 1. The number of halogens is 1. The van der Waals surface area contributed by atoms with Gasteiger partial charge in [-0.1, -0.05) is 11.6 Å². The molecule has 0 saturated carbocycles. The van der Waals surface area contributed by atoms with Crippen LogP contribution in [0.4, 0.5) is 5.95 Å². The summed E-state index contributed by atoms with van der Waals surface area (Å²) in [4.78, 5) is 7.39. The molecule has 1 aromatic heterocycles. The van der Waals surface area contributed by atoms with E-state index in [9.17, 15) is 0 Å². The molecule has 4 heteroatoms. The molecule has 2 rings (SSSR count). The summed E-state index contributed by atoms with van der Waals surface area (Å²) in [6.45, 7) is 2.01. The van der Waals surface area contributed by atoms with Crippen molar-refractivity contribution in [3.63, 3.8) is 0 Å². The minimum absolute atomic E-state index is 0.688. The highest BCUT2D eigenvalue weighted by molar-refractivity contribution is 6.35. The van der Waals surface area contributed by atoms with Gasteiger partial charge in [0.15, 0.2) is 0 Å². The summed E-state index contributed by atoms with van der Waals surface area (Å²) in [7, 11) is 1.82. The van der Waals surface area contributed by atoms with E-state index >= 15 is 0 Å². The van der Waals surface area contributed by atoms with Crippen molar-refractivity contribution in [2.24, 2.45) is 0 Å². The van der Waals surface area contributed by atoms with Crippen LogP contribution in [0.2, 0.25) is 5.02 Å².